The average molecular weight is 377 g/mol. The van der Waals surface area contributed by atoms with Crippen molar-refractivity contribution in [2.75, 3.05) is 13.2 Å². The van der Waals surface area contributed by atoms with E-state index in [0.717, 1.165) is 16.7 Å². The van der Waals surface area contributed by atoms with Gasteiger partial charge in [-0.15, -0.1) is 0 Å². The lowest BCUT2D eigenvalue weighted by Crippen LogP contribution is -2.31. The molecule has 2 aromatic carbocycles. The van der Waals surface area contributed by atoms with Crippen LogP contribution in [0.15, 0.2) is 70.0 Å². The number of ether oxygens (including phenoxy) is 1. The highest BCUT2D eigenvalue weighted by Gasteiger charge is 2.11. The Labute approximate surface area is 160 Å². The van der Waals surface area contributed by atoms with E-state index in [1.807, 2.05) is 30.3 Å². The molecular formula is C21H19N3O4. The molecule has 2 aromatic heterocycles. The van der Waals surface area contributed by atoms with Crippen LogP contribution in [0.5, 0.6) is 5.75 Å². The minimum atomic E-state index is -0.539. The number of hydrogen-bond donors (Lipinski definition) is 1. The number of nitrogens with zero attached hydrogens (tertiary/aromatic N) is 2. The van der Waals surface area contributed by atoms with Crippen LogP contribution in [0.25, 0.3) is 22.0 Å². The summed E-state index contributed by atoms with van der Waals surface area (Å²) < 4.78 is 12.3. The summed E-state index contributed by atoms with van der Waals surface area (Å²) in [5, 5.41) is 3.82. The Morgan fingerprint density at radius 2 is 1.96 bits per heavy atom. The summed E-state index contributed by atoms with van der Waals surface area (Å²) in [6.45, 7) is 0.816. The first-order chi connectivity index (χ1) is 13.7. The van der Waals surface area contributed by atoms with Crippen molar-refractivity contribution in [3.05, 3.63) is 71.3 Å². The first-order valence-corrected chi connectivity index (χ1v) is 9.04. The number of fused-ring (bicyclic) bond motifs is 2. The predicted octanol–water partition coefficient (Wildman–Crippen LogP) is 2.73. The third-order valence-corrected chi connectivity index (χ3v) is 4.37. The molecule has 1 N–H and O–H groups in total. The van der Waals surface area contributed by atoms with Crippen molar-refractivity contribution in [3.8, 4) is 5.75 Å². The topological polar surface area (TPSA) is 86.4 Å². The lowest BCUT2D eigenvalue weighted by atomic mass is 10.2. The maximum absolute atomic E-state index is 12.2. The zero-order valence-corrected chi connectivity index (χ0v) is 15.1. The molecular weight excluding hydrogens is 358 g/mol. The summed E-state index contributed by atoms with van der Waals surface area (Å²) in [7, 11) is 0. The standard InChI is InChI=1S/C21H19N3O4/c25-19(14-24-16-8-1-2-9-17(16)28-21(24)26)22-12-5-13-27-18-10-3-6-15-7-4-11-23-20(15)18/h1-4,6-11H,5,12-14H2,(H,22,25). The van der Waals surface area contributed by atoms with E-state index in [1.165, 1.54) is 4.57 Å². The Balaban J connectivity index is 1.28. The fourth-order valence-corrected chi connectivity index (χ4v) is 3.04. The third-order valence-electron chi connectivity index (χ3n) is 4.37. The van der Waals surface area contributed by atoms with Gasteiger partial charge in [0.1, 0.15) is 17.8 Å². The van der Waals surface area contributed by atoms with Crippen LogP contribution in [0.4, 0.5) is 0 Å². The van der Waals surface area contributed by atoms with E-state index in [4.69, 9.17) is 9.15 Å². The number of carbonyl (C=O) groups is 1. The number of amides is 1. The maximum Gasteiger partial charge on any atom is 0.420 e. The Morgan fingerprint density at radius 3 is 2.89 bits per heavy atom. The molecule has 0 aliphatic carbocycles. The number of aromatic nitrogens is 2. The number of pyridine rings is 1. The molecule has 142 valence electrons. The van der Waals surface area contributed by atoms with Gasteiger partial charge < -0.3 is 14.5 Å². The molecule has 0 atom stereocenters. The van der Waals surface area contributed by atoms with Crippen LogP contribution in [0.1, 0.15) is 6.42 Å². The number of oxazole rings is 1. The van der Waals surface area contributed by atoms with Crippen LogP contribution in [-0.2, 0) is 11.3 Å². The van der Waals surface area contributed by atoms with Gasteiger partial charge in [0.25, 0.3) is 0 Å². The van der Waals surface area contributed by atoms with Gasteiger partial charge in [-0.05, 0) is 30.7 Å². The van der Waals surface area contributed by atoms with Gasteiger partial charge in [0, 0.05) is 18.1 Å². The molecule has 0 aliphatic rings. The first kappa shape index (κ1) is 17.8. The Kier molecular flexibility index (Phi) is 5.05. The van der Waals surface area contributed by atoms with E-state index in [2.05, 4.69) is 10.3 Å². The third kappa shape index (κ3) is 3.73. The Hall–Kier alpha value is -3.61. The van der Waals surface area contributed by atoms with E-state index in [1.54, 1.807) is 30.5 Å². The second kappa shape index (κ2) is 7.96. The Bertz CT molecular complexity index is 1170. The molecule has 4 rings (SSSR count). The molecule has 0 spiro atoms. The molecule has 0 saturated carbocycles. The number of rotatable bonds is 7. The largest absolute Gasteiger partial charge is 0.491 e. The van der Waals surface area contributed by atoms with Crippen LogP contribution in [-0.4, -0.2) is 28.6 Å². The predicted molar refractivity (Wildman–Crippen MR) is 105 cm³/mol. The molecule has 0 fully saturated rings. The zero-order valence-electron chi connectivity index (χ0n) is 15.1. The van der Waals surface area contributed by atoms with Gasteiger partial charge in [0.15, 0.2) is 5.58 Å². The molecule has 0 saturated heterocycles. The fourth-order valence-electron chi connectivity index (χ4n) is 3.04. The van der Waals surface area contributed by atoms with Crippen LogP contribution >= 0.6 is 0 Å². The van der Waals surface area contributed by atoms with Gasteiger partial charge in [-0.25, -0.2) is 4.79 Å². The first-order valence-electron chi connectivity index (χ1n) is 9.04. The molecule has 0 aliphatic heterocycles. The minimum Gasteiger partial charge on any atom is -0.491 e. The molecule has 28 heavy (non-hydrogen) atoms. The number of nitrogens with one attached hydrogen (secondary N) is 1. The Morgan fingerprint density at radius 1 is 1.11 bits per heavy atom. The maximum atomic E-state index is 12.2. The van der Waals surface area contributed by atoms with Crippen molar-refractivity contribution in [3.63, 3.8) is 0 Å². The van der Waals surface area contributed by atoms with Gasteiger partial charge in [-0.1, -0.05) is 30.3 Å². The molecule has 0 bridgehead atoms. The molecule has 0 radical (unpaired) electrons. The van der Waals surface area contributed by atoms with Crippen molar-refractivity contribution in [1.29, 1.82) is 0 Å². The average Bonchev–Trinajstić information content (AvgIpc) is 3.03. The lowest BCUT2D eigenvalue weighted by Gasteiger charge is -2.09. The highest BCUT2D eigenvalue weighted by molar-refractivity contribution is 5.84. The molecule has 7 nitrogen and oxygen atoms in total. The van der Waals surface area contributed by atoms with Crippen LogP contribution in [0, 0.1) is 0 Å². The molecule has 7 heteroatoms. The number of hydrogen-bond acceptors (Lipinski definition) is 5. The number of benzene rings is 2. The normalized spacial score (nSPS) is 11.0. The summed E-state index contributed by atoms with van der Waals surface area (Å²) in [5.41, 5.74) is 1.90. The van der Waals surface area contributed by atoms with Gasteiger partial charge >= 0.3 is 5.76 Å². The molecule has 2 heterocycles. The number of para-hydroxylation sites is 3. The summed E-state index contributed by atoms with van der Waals surface area (Å²) in [6.07, 6.45) is 2.37. The fraction of sp³-hybridized carbons (Fsp3) is 0.190. The summed E-state index contributed by atoms with van der Waals surface area (Å²) in [4.78, 5) is 28.4. The van der Waals surface area contributed by atoms with Gasteiger partial charge in [-0.2, -0.15) is 0 Å². The van der Waals surface area contributed by atoms with Crippen molar-refractivity contribution in [2.45, 2.75) is 13.0 Å². The van der Waals surface area contributed by atoms with Crippen molar-refractivity contribution in [2.24, 2.45) is 0 Å². The summed E-state index contributed by atoms with van der Waals surface area (Å²) >= 11 is 0. The SMILES string of the molecule is O=C(Cn1c(=O)oc2ccccc21)NCCCOc1cccc2cccnc12. The highest BCUT2D eigenvalue weighted by atomic mass is 16.5. The van der Waals surface area contributed by atoms with E-state index in [0.29, 0.717) is 30.7 Å². The molecule has 0 unspecified atom stereocenters. The molecule has 1 amide bonds. The van der Waals surface area contributed by atoms with E-state index in [9.17, 15) is 9.59 Å². The number of carbonyl (C=O) groups excluding carboxylic acids is 1. The van der Waals surface area contributed by atoms with Crippen molar-refractivity contribution >= 4 is 27.9 Å². The second-order valence-electron chi connectivity index (χ2n) is 6.31. The van der Waals surface area contributed by atoms with Crippen LogP contribution < -0.4 is 15.8 Å². The van der Waals surface area contributed by atoms with Gasteiger partial charge in [-0.3, -0.25) is 14.3 Å². The molecule has 4 aromatic rings. The van der Waals surface area contributed by atoms with Crippen LogP contribution in [0.3, 0.4) is 0 Å². The van der Waals surface area contributed by atoms with Crippen molar-refractivity contribution in [1.82, 2.24) is 14.9 Å². The lowest BCUT2D eigenvalue weighted by molar-refractivity contribution is -0.121. The van der Waals surface area contributed by atoms with Crippen molar-refractivity contribution < 1.29 is 13.9 Å². The summed E-state index contributed by atoms with van der Waals surface area (Å²) in [5.74, 6) is -0.0653. The van der Waals surface area contributed by atoms with Gasteiger partial charge in [0.05, 0.1) is 12.1 Å². The smallest absolute Gasteiger partial charge is 0.420 e. The zero-order chi connectivity index (χ0) is 19.3. The van der Waals surface area contributed by atoms with Crippen LogP contribution in [0.2, 0.25) is 0 Å². The quantitative estimate of drug-likeness (QED) is 0.501. The summed E-state index contributed by atoms with van der Waals surface area (Å²) in [6, 6.07) is 16.7. The second-order valence-corrected chi connectivity index (χ2v) is 6.31. The highest BCUT2D eigenvalue weighted by Crippen LogP contribution is 2.22. The van der Waals surface area contributed by atoms with Gasteiger partial charge in [0.2, 0.25) is 5.91 Å². The van der Waals surface area contributed by atoms with E-state index < -0.39 is 5.76 Å². The van der Waals surface area contributed by atoms with E-state index >= 15 is 0 Å². The monoisotopic (exact) mass is 377 g/mol. The minimum absolute atomic E-state index is 0.0794. The van der Waals surface area contributed by atoms with E-state index in [-0.39, 0.29) is 12.5 Å².